The van der Waals surface area contributed by atoms with Crippen LogP contribution < -0.4 is 5.73 Å². The summed E-state index contributed by atoms with van der Waals surface area (Å²) in [7, 11) is -3.84. The molecule has 0 bridgehead atoms. The van der Waals surface area contributed by atoms with Crippen molar-refractivity contribution in [3.63, 3.8) is 0 Å². The molecule has 0 aromatic heterocycles. The van der Waals surface area contributed by atoms with Crippen LogP contribution in [0.1, 0.15) is 24.8 Å². The van der Waals surface area contributed by atoms with Crippen molar-refractivity contribution in [3.05, 3.63) is 28.8 Å². The van der Waals surface area contributed by atoms with E-state index >= 15 is 0 Å². The zero-order valence-corrected chi connectivity index (χ0v) is 13.9. The number of hydrogen-bond donors (Lipinski definition) is 1. The van der Waals surface area contributed by atoms with Crippen LogP contribution in [0, 0.1) is 18.8 Å². The van der Waals surface area contributed by atoms with Gasteiger partial charge in [-0.25, -0.2) is 8.42 Å². The lowest BCUT2D eigenvalue weighted by Crippen LogP contribution is -2.46. The standard InChI is InChI=1S/C15H19ClN2O3S/c1-9-4-2-7-12(16)14(9)22(20,21)18-8-10-5-3-6-11(10)13(18)15(17)19/h2,4,7,10-11,13H,3,5-6,8H2,1H3,(H2,17,19). The zero-order valence-electron chi connectivity index (χ0n) is 12.3. The summed E-state index contributed by atoms with van der Waals surface area (Å²) >= 11 is 6.12. The summed E-state index contributed by atoms with van der Waals surface area (Å²) in [6.07, 6.45) is 2.83. The minimum atomic E-state index is -3.84. The molecule has 2 aliphatic rings. The molecule has 22 heavy (non-hydrogen) atoms. The van der Waals surface area contributed by atoms with Gasteiger partial charge in [0, 0.05) is 6.54 Å². The maximum atomic E-state index is 13.1. The van der Waals surface area contributed by atoms with Crippen LogP contribution in [0.2, 0.25) is 5.02 Å². The highest BCUT2D eigenvalue weighted by Gasteiger charge is 2.51. The van der Waals surface area contributed by atoms with E-state index in [-0.39, 0.29) is 21.8 Å². The van der Waals surface area contributed by atoms with Crippen LogP contribution in [-0.4, -0.2) is 31.2 Å². The topological polar surface area (TPSA) is 80.5 Å². The van der Waals surface area contributed by atoms with Crippen LogP contribution in [-0.2, 0) is 14.8 Å². The normalized spacial score (nSPS) is 28.7. The number of halogens is 1. The van der Waals surface area contributed by atoms with Crippen LogP contribution in [0.5, 0.6) is 0 Å². The van der Waals surface area contributed by atoms with E-state index in [1.807, 2.05) is 0 Å². The largest absolute Gasteiger partial charge is 0.368 e. The van der Waals surface area contributed by atoms with Crippen molar-refractivity contribution < 1.29 is 13.2 Å². The van der Waals surface area contributed by atoms with Gasteiger partial charge in [-0.15, -0.1) is 0 Å². The van der Waals surface area contributed by atoms with Gasteiger partial charge in [0.05, 0.1) is 5.02 Å². The predicted octanol–water partition coefficient (Wildman–Crippen LogP) is 1.92. The van der Waals surface area contributed by atoms with Crippen molar-refractivity contribution in [1.29, 1.82) is 0 Å². The highest BCUT2D eigenvalue weighted by atomic mass is 35.5. The van der Waals surface area contributed by atoms with Crippen LogP contribution in [0.25, 0.3) is 0 Å². The summed E-state index contributed by atoms with van der Waals surface area (Å²) in [6.45, 7) is 2.06. The van der Waals surface area contributed by atoms with Crippen molar-refractivity contribution in [2.45, 2.75) is 37.1 Å². The Labute approximate surface area is 135 Å². The number of fused-ring (bicyclic) bond motifs is 1. The fraction of sp³-hybridized carbons (Fsp3) is 0.533. The molecule has 1 heterocycles. The molecule has 3 atom stereocenters. The number of hydrogen-bond acceptors (Lipinski definition) is 3. The molecule has 2 N–H and O–H groups in total. The molecule has 1 saturated carbocycles. The van der Waals surface area contributed by atoms with E-state index in [1.165, 1.54) is 4.31 Å². The quantitative estimate of drug-likeness (QED) is 0.911. The number of amides is 1. The molecule has 1 amide bonds. The lowest BCUT2D eigenvalue weighted by atomic mass is 9.94. The second kappa shape index (κ2) is 5.51. The number of primary amides is 1. The third-order valence-corrected chi connectivity index (χ3v) is 7.35. The maximum Gasteiger partial charge on any atom is 0.245 e. The van der Waals surface area contributed by atoms with Gasteiger partial charge in [-0.2, -0.15) is 4.31 Å². The smallest absolute Gasteiger partial charge is 0.245 e. The van der Waals surface area contributed by atoms with E-state index < -0.39 is 22.0 Å². The van der Waals surface area contributed by atoms with Gasteiger partial charge in [0.25, 0.3) is 0 Å². The first-order valence-corrected chi connectivity index (χ1v) is 9.22. The Morgan fingerprint density at radius 2 is 2.09 bits per heavy atom. The average Bonchev–Trinajstić information content (AvgIpc) is 2.97. The first-order chi connectivity index (χ1) is 10.3. The Morgan fingerprint density at radius 3 is 2.73 bits per heavy atom. The molecule has 0 radical (unpaired) electrons. The fourth-order valence-corrected chi connectivity index (χ4v) is 6.41. The van der Waals surface area contributed by atoms with Gasteiger partial charge in [-0.3, -0.25) is 4.79 Å². The highest BCUT2D eigenvalue weighted by Crippen LogP contribution is 2.45. The molecule has 3 unspecified atom stereocenters. The molecule has 5 nitrogen and oxygen atoms in total. The first-order valence-electron chi connectivity index (χ1n) is 7.40. The maximum absolute atomic E-state index is 13.1. The summed E-state index contributed by atoms with van der Waals surface area (Å²) in [4.78, 5) is 12.0. The van der Waals surface area contributed by atoms with Crippen LogP contribution >= 0.6 is 11.6 Å². The van der Waals surface area contributed by atoms with E-state index in [4.69, 9.17) is 17.3 Å². The van der Waals surface area contributed by atoms with Gasteiger partial charge < -0.3 is 5.73 Å². The Morgan fingerprint density at radius 1 is 1.36 bits per heavy atom. The number of carbonyl (C=O) groups excluding carboxylic acids is 1. The lowest BCUT2D eigenvalue weighted by molar-refractivity contribution is -0.122. The molecule has 1 aliphatic carbocycles. The minimum Gasteiger partial charge on any atom is -0.368 e. The molecule has 1 saturated heterocycles. The summed E-state index contributed by atoms with van der Waals surface area (Å²) < 4.78 is 27.4. The van der Waals surface area contributed by atoms with Crippen LogP contribution in [0.15, 0.2) is 23.1 Å². The Balaban J connectivity index is 2.07. The van der Waals surface area contributed by atoms with Crippen molar-refractivity contribution in [2.75, 3.05) is 6.54 Å². The number of rotatable bonds is 3. The van der Waals surface area contributed by atoms with E-state index in [2.05, 4.69) is 0 Å². The first kappa shape index (κ1) is 15.8. The van der Waals surface area contributed by atoms with E-state index in [0.29, 0.717) is 12.1 Å². The second-order valence-corrected chi connectivity index (χ2v) is 8.40. The number of benzene rings is 1. The minimum absolute atomic E-state index is 0.0371. The number of sulfonamides is 1. The van der Waals surface area contributed by atoms with Gasteiger partial charge in [0.15, 0.2) is 0 Å². The van der Waals surface area contributed by atoms with Crippen LogP contribution in [0.3, 0.4) is 0 Å². The molecule has 1 aromatic carbocycles. The number of carbonyl (C=O) groups is 1. The van der Waals surface area contributed by atoms with E-state index in [1.54, 1.807) is 25.1 Å². The van der Waals surface area contributed by atoms with Crippen LogP contribution in [0.4, 0.5) is 0 Å². The van der Waals surface area contributed by atoms with E-state index in [9.17, 15) is 13.2 Å². The van der Waals surface area contributed by atoms with Gasteiger partial charge in [-0.05, 0) is 43.2 Å². The average molecular weight is 343 g/mol. The summed E-state index contributed by atoms with van der Waals surface area (Å²) in [6, 6.07) is 4.21. The van der Waals surface area contributed by atoms with Crippen molar-refractivity contribution >= 4 is 27.5 Å². The predicted molar refractivity (Wildman–Crippen MR) is 83.9 cm³/mol. The highest BCUT2D eigenvalue weighted by molar-refractivity contribution is 7.89. The van der Waals surface area contributed by atoms with Crippen molar-refractivity contribution in [3.8, 4) is 0 Å². The fourth-order valence-electron chi connectivity index (χ4n) is 3.93. The molecular formula is C15H19ClN2O3S. The lowest BCUT2D eigenvalue weighted by Gasteiger charge is -2.25. The molecular weight excluding hydrogens is 324 g/mol. The van der Waals surface area contributed by atoms with Crippen molar-refractivity contribution in [2.24, 2.45) is 17.6 Å². The van der Waals surface area contributed by atoms with Gasteiger partial charge >= 0.3 is 0 Å². The molecule has 2 fully saturated rings. The van der Waals surface area contributed by atoms with Crippen molar-refractivity contribution in [1.82, 2.24) is 4.31 Å². The number of aryl methyl sites for hydroxylation is 1. The third kappa shape index (κ3) is 2.33. The monoisotopic (exact) mass is 342 g/mol. The molecule has 120 valence electrons. The van der Waals surface area contributed by atoms with Gasteiger partial charge in [0.2, 0.25) is 15.9 Å². The Bertz CT molecular complexity index is 699. The summed E-state index contributed by atoms with van der Waals surface area (Å²) in [5.41, 5.74) is 6.09. The number of nitrogens with zero attached hydrogens (tertiary/aromatic N) is 1. The summed E-state index contributed by atoms with van der Waals surface area (Å²) in [5.74, 6) is -0.312. The van der Waals surface area contributed by atoms with Gasteiger partial charge in [-0.1, -0.05) is 30.2 Å². The molecule has 1 aliphatic heterocycles. The molecule has 3 rings (SSSR count). The molecule has 7 heteroatoms. The zero-order chi connectivity index (χ0) is 16.1. The Hall–Kier alpha value is -1.11. The summed E-state index contributed by atoms with van der Waals surface area (Å²) in [5, 5.41) is 0.181. The third-order valence-electron chi connectivity index (χ3n) is 4.87. The van der Waals surface area contributed by atoms with E-state index in [0.717, 1.165) is 19.3 Å². The molecule has 0 spiro atoms. The SMILES string of the molecule is Cc1cccc(Cl)c1S(=O)(=O)N1CC2CCCC2C1C(N)=O. The number of nitrogens with two attached hydrogens (primary N) is 1. The van der Waals surface area contributed by atoms with Gasteiger partial charge in [0.1, 0.15) is 10.9 Å². The molecule has 1 aromatic rings. The Kier molecular flexibility index (Phi) is 3.95. The second-order valence-electron chi connectivity index (χ2n) is 6.16.